The molecule has 2 aliphatic heterocycles. The monoisotopic (exact) mass is 239 g/mol. The normalized spacial score (nSPS) is 23.1. The van der Waals surface area contributed by atoms with Gasteiger partial charge in [-0.1, -0.05) is 0 Å². The Morgan fingerprint density at radius 1 is 1.47 bits per heavy atom. The van der Waals surface area contributed by atoms with Gasteiger partial charge >= 0.3 is 0 Å². The predicted octanol–water partition coefficient (Wildman–Crippen LogP) is -0.275. The number of nitrogens with zero attached hydrogens (tertiary/aromatic N) is 1. The number of hydrogen-bond acceptors (Lipinski definition) is 3. The van der Waals surface area contributed by atoms with E-state index in [2.05, 4.69) is 10.6 Å². The van der Waals surface area contributed by atoms with Gasteiger partial charge in [0.25, 0.3) is 0 Å². The molecule has 2 N–H and O–H groups in total. The highest BCUT2D eigenvalue weighted by Gasteiger charge is 2.43. The molecule has 2 aliphatic rings. The SMILES string of the molecule is CCNC(=O)CN1CC2(CCNCC2)CC1=O. The first-order valence-corrected chi connectivity index (χ1v) is 6.40. The van der Waals surface area contributed by atoms with Crippen molar-refractivity contribution in [1.29, 1.82) is 0 Å². The molecule has 2 saturated heterocycles. The van der Waals surface area contributed by atoms with E-state index in [1.54, 1.807) is 4.90 Å². The molecule has 0 unspecified atom stereocenters. The molecule has 0 aromatic rings. The van der Waals surface area contributed by atoms with E-state index in [1.807, 2.05) is 6.92 Å². The fourth-order valence-corrected chi connectivity index (χ4v) is 2.84. The summed E-state index contributed by atoms with van der Waals surface area (Å²) in [5.41, 5.74) is 0.134. The third-order valence-electron chi connectivity index (χ3n) is 3.78. The lowest BCUT2D eigenvalue weighted by Gasteiger charge is -2.32. The second kappa shape index (κ2) is 5.04. The van der Waals surface area contributed by atoms with E-state index in [4.69, 9.17) is 0 Å². The first-order chi connectivity index (χ1) is 8.15. The maximum Gasteiger partial charge on any atom is 0.239 e. The Morgan fingerprint density at radius 2 is 2.18 bits per heavy atom. The van der Waals surface area contributed by atoms with Gasteiger partial charge in [-0.05, 0) is 38.3 Å². The Labute approximate surface area is 102 Å². The fourth-order valence-electron chi connectivity index (χ4n) is 2.84. The molecule has 0 aliphatic carbocycles. The van der Waals surface area contributed by atoms with Crippen LogP contribution in [0.15, 0.2) is 0 Å². The van der Waals surface area contributed by atoms with Crippen LogP contribution in [0.2, 0.25) is 0 Å². The molecule has 17 heavy (non-hydrogen) atoms. The van der Waals surface area contributed by atoms with Crippen LogP contribution >= 0.6 is 0 Å². The molecule has 2 amide bonds. The summed E-state index contributed by atoms with van der Waals surface area (Å²) in [5.74, 6) is 0.0880. The summed E-state index contributed by atoms with van der Waals surface area (Å²) in [6.45, 7) is 5.46. The second-order valence-electron chi connectivity index (χ2n) is 5.13. The molecule has 1 spiro atoms. The van der Waals surface area contributed by atoms with Crippen LogP contribution in [0.4, 0.5) is 0 Å². The fraction of sp³-hybridized carbons (Fsp3) is 0.833. The molecule has 5 nitrogen and oxygen atoms in total. The third kappa shape index (κ3) is 2.77. The number of likely N-dealkylation sites (tertiary alicyclic amines) is 1. The Kier molecular flexibility index (Phi) is 3.66. The largest absolute Gasteiger partial charge is 0.355 e. The van der Waals surface area contributed by atoms with Gasteiger partial charge in [-0.3, -0.25) is 9.59 Å². The van der Waals surface area contributed by atoms with E-state index >= 15 is 0 Å². The van der Waals surface area contributed by atoms with Crippen molar-refractivity contribution in [1.82, 2.24) is 15.5 Å². The lowest BCUT2D eigenvalue weighted by atomic mass is 9.78. The third-order valence-corrected chi connectivity index (χ3v) is 3.78. The predicted molar refractivity (Wildman–Crippen MR) is 64.4 cm³/mol. The average molecular weight is 239 g/mol. The Balaban J connectivity index is 1.92. The van der Waals surface area contributed by atoms with Crippen LogP contribution in [0.3, 0.4) is 0 Å². The van der Waals surface area contributed by atoms with Crippen molar-refractivity contribution in [2.24, 2.45) is 5.41 Å². The smallest absolute Gasteiger partial charge is 0.239 e. The van der Waals surface area contributed by atoms with E-state index < -0.39 is 0 Å². The van der Waals surface area contributed by atoms with Crippen molar-refractivity contribution in [3.8, 4) is 0 Å². The minimum absolute atomic E-state index is 0.0492. The van der Waals surface area contributed by atoms with E-state index in [0.717, 1.165) is 32.5 Å². The second-order valence-corrected chi connectivity index (χ2v) is 5.13. The zero-order valence-corrected chi connectivity index (χ0v) is 10.4. The van der Waals surface area contributed by atoms with Gasteiger partial charge in [0.1, 0.15) is 0 Å². The summed E-state index contributed by atoms with van der Waals surface area (Å²) in [5, 5.41) is 6.06. The number of rotatable bonds is 3. The van der Waals surface area contributed by atoms with E-state index in [-0.39, 0.29) is 23.8 Å². The zero-order chi connectivity index (χ0) is 12.3. The highest BCUT2D eigenvalue weighted by Crippen LogP contribution is 2.38. The van der Waals surface area contributed by atoms with Gasteiger partial charge < -0.3 is 15.5 Å². The molecule has 2 rings (SSSR count). The standard InChI is InChI=1S/C12H21N3O2/c1-2-14-10(16)8-15-9-12(7-11(15)17)3-5-13-6-4-12/h13H,2-9H2,1H3,(H,14,16). The Bertz CT molecular complexity index is 311. The number of piperidine rings is 1. The maximum atomic E-state index is 11.9. The molecule has 2 fully saturated rings. The summed E-state index contributed by atoms with van der Waals surface area (Å²) in [6, 6.07) is 0. The summed E-state index contributed by atoms with van der Waals surface area (Å²) in [4.78, 5) is 25.1. The van der Waals surface area contributed by atoms with Crippen LogP contribution in [0.1, 0.15) is 26.2 Å². The first-order valence-electron chi connectivity index (χ1n) is 6.40. The number of carbonyl (C=O) groups is 2. The molecular formula is C12H21N3O2. The quantitative estimate of drug-likeness (QED) is 0.712. The average Bonchev–Trinajstić information content (AvgIpc) is 2.56. The highest BCUT2D eigenvalue weighted by molar-refractivity contribution is 5.86. The summed E-state index contributed by atoms with van der Waals surface area (Å²) < 4.78 is 0. The molecule has 0 bridgehead atoms. The van der Waals surface area contributed by atoms with Crippen molar-refractivity contribution in [2.75, 3.05) is 32.7 Å². The van der Waals surface area contributed by atoms with Gasteiger partial charge in [0.15, 0.2) is 0 Å². The number of nitrogens with one attached hydrogen (secondary N) is 2. The summed E-state index contributed by atoms with van der Waals surface area (Å²) in [6.07, 6.45) is 2.71. The highest BCUT2D eigenvalue weighted by atomic mass is 16.2. The molecule has 0 atom stereocenters. The first kappa shape index (κ1) is 12.4. The van der Waals surface area contributed by atoms with E-state index in [1.165, 1.54) is 0 Å². The van der Waals surface area contributed by atoms with Gasteiger partial charge in [-0.25, -0.2) is 0 Å². The van der Waals surface area contributed by atoms with Crippen molar-refractivity contribution in [3.05, 3.63) is 0 Å². The van der Waals surface area contributed by atoms with Gasteiger partial charge in [-0.15, -0.1) is 0 Å². The lowest BCUT2D eigenvalue weighted by molar-refractivity contribution is -0.133. The van der Waals surface area contributed by atoms with Crippen LogP contribution in [0.25, 0.3) is 0 Å². The minimum Gasteiger partial charge on any atom is -0.355 e. The van der Waals surface area contributed by atoms with Crippen molar-refractivity contribution in [3.63, 3.8) is 0 Å². The lowest BCUT2D eigenvalue weighted by Crippen LogP contribution is -2.41. The molecule has 5 heteroatoms. The van der Waals surface area contributed by atoms with Crippen LogP contribution in [-0.4, -0.2) is 49.4 Å². The molecule has 96 valence electrons. The summed E-state index contributed by atoms with van der Waals surface area (Å²) in [7, 11) is 0. The Morgan fingerprint density at radius 3 is 2.82 bits per heavy atom. The van der Waals surface area contributed by atoms with Crippen molar-refractivity contribution < 1.29 is 9.59 Å². The van der Waals surface area contributed by atoms with Gasteiger partial charge in [0.2, 0.25) is 11.8 Å². The summed E-state index contributed by atoms with van der Waals surface area (Å²) >= 11 is 0. The number of hydrogen-bond donors (Lipinski definition) is 2. The Hall–Kier alpha value is -1.10. The molecule has 0 saturated carbocycles. The zero-order valence-electron chi connectivity index (χ0n) is 10.4. The van der Waals surface area contributed by atoms with E-state index in [9.17, 15) is 9.59 Å². The van der Waals surface area contributed by atoms with Gasteiger partial charge in [0, 0.05) is 19.5 Å². The maximum absolute atomic E-state index is 11.9. The molecule has 2 heterocycles. The van der Waals surface area contributed by atoms with Crippen LogP contribution < -0.4 is 10.6 Å². The number of amides is 2. The van der Waals surface area contributed by atoms with Gasteiger partial charge in [-0.2, -0.15) is 0 Å². The molecular weight excluding hydrogens is 218 g/mol. The molecule has 0 aromatic carbocycles. The number of likely N-dealkylation sites (N-methyl/N-ethyl adjacent to an activating group) is 1. The van der Waals surface area contributed by atoms with Gasteiger partial charge in [0.05, 0.1) is 6.54 Å². The van der Waals surface area contributed by atoms with Crippen LogP contribution in [0, 0.1) is 5.41 Å². The van der Waals surface area contributed by atoms with Crippen molar-refractivity contribution in [2.45, 2.75) is 26.2 Å². The van der Waals surface area contributed by atoms with Crippen molar-refractivity contribution >= 4 is 11.8 Å². The van der Waals surface area contributed by atoms with Crippen LogP contribution in [0.5, 0.6) is 0 Å². The minimum atomic E-state index is -0.0492. The van der Waals surface area contributed by atoms with Crippen LogP contribution in [-0.2, 0) is 9.59 Å². The topological polar surface area (TPSA) is 61.4 Å². The number of carbonyl (C=O) groups excluding carboxylic acids is 2. The molecule has 0 aromatic heterocycles. The molecule has 0 radical (unpaired) electrons. The van der Waals surface area contributed by atoms with E-state index in [0.29, 0.717) is 13.0 Å².